The van der Waals surface area contributed by atoms with Crippen molar-refractivity contribution in [2.45, 2.75) is 27.2 Å². The van der Waals surface area contributed by atoms with Crippen LogP contribution in [0.3, 0.4) is 0 Å². The van der Waals surface area contributed by atoms with Gasteiger partial charge in [-0.05, 0) is 67.3 Å². The average molecular weight is 370 g/mol. The molecule has 0 fully saturated rings. The Morgan fingerprint density at radius 2 is 1.89 bits per heavy atom. The number of nitrogens with one attached hydrogen (secondary N) is 1. The van der Waals surface area contributed by atoms with E-state index in [1.807, 2.05) is 51.1 Å². The van der Waals surface area contributed by atoms with Gasteiger partial charge < -0.3 is 14.2 Å². The number of hydrazone groups is 1. The smallest absolute Gasteiger partial charge is 0.277 e. The van der Waals surface area contributed by atoms with Gasteiger partial charge in [-0.1, -0.05) is 13.0 Å². The van der Waals surface area contributed by atoms with Crippen molar-refractivity contribution in [3.63, 3.8) is 0 Å². The monoisotopic (exact) mass is 370 g/mol. The predicted octanol–water partition coefficient (Wildman–Crippen LogP) is 3.63. The summed E-state index contributed by atoms with van der Waals surface area (Å²) in [5.74, 6) is 1.63. The molecule has 0 bridgehead atoms. The number of methoxy groups -OCH3 is 1. The summed E-state index contributed by atoms with van der Waals surface area (Å²) in [5, 5.41) is 3.95. The van der Waals surface area contributed by atoms with Crippen molar-refractivity contribution in [2.24, 2.45) is 5.10 Å². The van der Waals surface area contributed by atoms with Crippen molar-refractivity contribution in [1.29, 1.82) is 0 Å². The lowest BCUT2D eigenvalue weighted by molar-refractivity contribution is -0.123. The molecule has 0 spiro atoms. The molecule has 27 heavy (non-hydrogen) atoms. The molecule has 0 saturated carbocycles. The van der Waals surface area contributed by atoms with E-state index in [9.17, 15) is 4.79 Å². The Morgan fingerprint density at radius 1 is 1.07 bits per heavy atom. The number of aryl methyl sites for hydroxylation is 2. The topological polar surface area (TPSA) is 69.2 Å². The minimum Gasteiger partial charge on any atom is -0.493 e. The second-order valence-electron chi connectivity index (χ2n) is 6.09. The number of amides is 1. The van der Waals surface area contributed by atoms with Gasteiger partial charge in [0.2, 0.25) is 0 Å². The van der Waals surface area contributed by atoms with Crippen LogP contribution < -0.4 is 19.6 Å². The van der Waals surface area contributed by atoms with Gasteiger partial charge >= 0.3 is 0 Å². The van der Waals surface area contributed by atoms with E-state index in [0.717, 1.165) is 17.5 Å². The summed E-state index contributed by atoms with van der Waals surface area (Å²) in [6.45, 7) is 6.59. The van der Waals surface area contributed by atoms with Gasteiger partial charge in [-0.3, -0.25) is 4.79 Å². The fraction of sp³-hybridized carbons (Fsp3) is 0.333. The summed E-state index contributed by atoms with van der Waals surface area (Å²) in [4.78, 5) is 11.9. The van der Waals surface area contributed by atoms with Gasteiger partial charge in [0.1, 0.15) is 5.75 Å². The molecular formula is C21H26N2O4. The van der Waals surface area contributed by atoms with Gasteiger partial charge in [-0.2, -0.15) is 5.10 Å². The molecule has 2 aromatic rings. The number of carbonyl (C=O) groups excluding carboxylic acids is 1. The van der Waals surface area contributed by atoms with Crippen LogP contribution in [0.15, 0.2) is 41.5 Å². The summed E-state index contributed by atoms with van der Waals surface area (Å²) < 4.78 is 16.4. The highest BCUT2D eigenvalue weighted by Gasteiger charge is 2.05. The van der Waals surface area contributed by atoms with Crippen LogP contribution in [0, 0.1) is 13.8 Å². The van der Waals surface area contributed by atoms with Crippen LogP contribution in [-0.4, -0.2) is 32.4 Å². The molecule has 0 aromatic heterocycles. The third-order valence-corrected chi connectivity index (χ3v) is 3.90. The summed E-state index contributed by atoms with van der Waals surface area (Å²) in [7, 11) is 1.58. The first-order chi connectivity index (χ1) is 13.0. The number of rotatable bonds is 9. The van der Waals surface area contributed by atoms with Gasteiger partial charge in [0.15, 0.2) is 18.1 Å². The molecule has 0 unspecified atom stereocenters. The fourth-order valence-corrected chi connectivity index (χ4v) is 2.26. The number of nitrogens with zero attached hydrogens (tertiary/aromatic N) is 1. The molecule has 2 aromatic carbocycles. The van der Waals surface area contributed by atoms with Crippen LogP contribution in [-0.2, 0) is 4.79 Å². The zero-order chi connectivity index (χ0) is 19.6. The Kier molecular flexibility index (Phi) is 7.67. The van der Waals surface area contributed by atoms with Crippen molar-refractivity contribution in [2.75, 3.05) is 20.3 Å². The van der Waals surface area contributed by atoms with Crippen molar-refractivity contribution in [1.82, 2.24) is 5.43 Å². The van der Waals surface area contributed by atoms with E-state index in [4.69, 9.17) is 14.2 Å². The predicted molar refractivity (Wildman–Crippen MR) is 106 cm³/mol. The number of hydrogen-bond donors (Lipinski definition) is 1. The normalized spacial score (nSPS) is 10.7. The van der Waals surface area contributed by atoms with Crippen LogP contribution in [0.2, 0.25) is 0 Å². The Balaban J connectivity index is 1.86. The summed E-state index contributed by atoms with van der Waals surface area (Å²) in [6.07, 6.45) is 2.46. The van der Waals surface area contributed by atoms with E-state index < -0.39 is 0 Å². The zero-order valence-corrected chi connectivity index (χ0v) is 16.2. The Hall–Kier alpha value is -3.02. The summed E-state index contributed by atoms with van der Waals surface area (Å²) >= 11 is 0. The molecule has 0 aliphatic carbocycles. The number of hydrogen-bond acceptors (Lipinski definition) is 5. The molecule has 0 heterocycles. The molecule has 144 valence electrons. The molecule has 1 amide bonds. The molecule has 0 aliphatic rings. The van der Waals surface area contributed by atoms with E-state index >= 15 is 0 Å². The average Bonchev–Trinajstić information content (AvgIpc) is 2.67. The third kappa shape index (κ3) is 6.33. The molecule has 1 N–H and O–H groups in total. The minimum absolute atomic E-state index is 0.104. The molecule has 0 radical (unpaired) electrons. The van der Waals surface area contributed by atoms with Crippen molar-refractivity contribution < 1.29 is 19.0 Å². The quantitative estimate of drug-likeness (QED) is 0.541. The SMILES string of the molecule is CCCOc1ccc(/C=N\NC(=O)COc2ccc(C)c(C)c2)cc1OC. The standard InChI is InChI=1S/C21H26N2O4/c1-5-10-26-19-9-7-17(12-20(19)25-4)13-22-23-21(24)14-27-18-8-6-15(2)16(3)11-18/h6-9,11-13H,5,10,14H2,1-4H3,(H,23,24)/b22-13-. The van der Waals surface area contributed by atoms with Gasteiger partial charge in [0.05, 0.1) is 19.9 Å². The Bertz CT molecular complexity index is 803. The second-order valence-corrected chi connectivity index (χ2v) is 6.09. The third-order valence-electron chi connectivity index (χ3n) is 3.90. The van der Waals surface area contributed by atoms with E-state index in [2.05, 4.69) is 10.5 Å². The number of ether oxygens (including phenoxy) is 3. The van der Waals surface area contributed by atoms with Crippen LogP contribution in [0.1, 0.15) is 30.0 Å². The largest absolute Gasteiger partial charge is 0.493 e. The number of carbonyl (C=O) groups is 1. The molecule has 0 atom stereocenters. The maximum absolute atomic E-state index is 11.9. The van der Waals surface area contributed by atoms with Crippen LogP contribution >= 0.6 is 0 Å². The molecule has 6 heteroatoms. The maximum Gasteiger partial charge on any atom is 0.277 e. The highest BCUT2D eigenvalue weighted by molar-refractivity contribution is 5.83. The van der Waals surface area contributed by atoms with E-state index in [1.165, 1.54) is 5.56 Å². The molecule has 0 aliphatic heterocycles. The maximum atomic E-state index is 11.9. The van der Waals surface area contributed by atoms with E-state index in [0.29, 0.717) is 23.9 Å². The zero-order valence-electron chi connectivity index (χ0n) is 16.2. The summed E-state index contributed by atoms with van der Waals surface area (Å²) in [6, 6.07) is 11.2. The fourth-order valence-electron chi connectivity index (χ4n) is 2.26. The van der Waals surface area contributed by atoms with Gasteiger partial charge in [-0.25, -0.2) is 5.43 Å². The Labute approximate surface area is 160 Å². The first kappa shape index (κ1) is 20.3. The van der Waals surface area contributed by atoms with E-state index in [1.54, 1.807) is 19.4 Å². The minimum atomic E-state index is -0.334. The lowest BCUT2D eigenvalue weighted by Crippen LogP contribution is -2.24. The van der Waals surface area contributed by atoms with Gasteiger partial charge in [0, 0.05) is 0 Å². The van der Waals surface area contributed by atoms with Crippen LogP contribution in [0.4, 0.5) is 0 Å². The van der Waals surface area contributed by atoms with E-state index in [-0.39, 0.29) is 12.5 Å². The lowest BCUT2D eigenvalue weighted by atomic mass is 10.1. The Morgan fingerprint density at radius 3 is 2.59 bits per heavy atom. The van der Waals surface area contributed by atoms with Crippen molar-refractivity contribution in [3.05, 3.63) is 53.1 Å². The highest BCUT2D eigenvalue weighted by Crippen LogP contribution is 2.27. The highest BCUT2D eigenvalue weighted by atomic mass is 16.5. The molecular weight excluding hydrogens is 344 g/mol. The number of benzene rings is 2. The van der Waals surface area contributed by atoms with Crippen molar-refractivity contribution >= 4 is 12.1 Å². The van der Waals surface area contributed by atoms with Crippen LogP contribution in [0.25, 0.3) is 0 Å². The van der Waals surface area contributed by atoms with Gasteiger partial charge in [0.25, 0.3) is 5.91 Å². The second kappa shape index (κ2) is 10.2. The molecule has 0 saturated heterocycles. The van der Waals surface area contributed by atoms with Gasteiger partial charge in [-0.15, -0.1) is 0 Å². The summed E-state index contributed by atoms with van der Waals surface area (Å²) in [5.41, 5.74) is 5.53. The van der Waals surface area contributed by atoms with Crippen LogP contribution in [0.5, 0.6) is 17.2 Å². The molecule has 2 rings (SSSR count). The molecule has 6 nitrogen and oxygen atoms in total. The first-order valence-corrected chi connectivity index (χ1v) is 8.86. The first-order valence-electron chi connectivity index (χ1n) is 8.86. The lowest BCUT2D eigenvalue weighted by Gasteiger charge is -2.10. The van der Waals surface area contributed by atoms with Crippen molar-refractivity contribution in [3.8, 4) is 17.2 Å².